The van der Waals surface area contributed by atoms with Gasteiger partial charge in [-0.25, -0.2) is 12.8 Å². The average molecular weight is 322 g/mol. The number of hydrogen-bond donors (Lipinski definition) is 2. The summed E-state index contributed by atoms with van der Waals surface area (Å²) in [5, 5.41) is 10.9. The van der Waals surface area contributed by atoms with Crippen LogP contribution in [0.5, 0.6) is 0 Å². The van der Waals surface area contributed by atoms with Gasteiger partial charge in [-0.05, 0) is 55.7 Å². The molecule has 0 aliphatic heterocycles. The minimum atomic E-state index is -3.82. The van der Waals surface area contributed by atoms with E-state index in [0.29, 0.717) is 11.9 Å². The highest BCUT2D eigenvalue weighted by Gasteiger charge is 2.21. The van der Waals surface area contributed by atoms with Crippen LogP contribution in [-0.4, -0.2) is 24.7 Å². The van der Waals surface area contributed by atoms with Gasteiger partial charge in [-0.3, -0.25) is 4.72 Å². The van der Waals surface area contributed by atoms with Crippen LogP contribution in [0.2, 0.25) is 0 Å². The highest BCUT2D eigenvalue weighted by molar-refractivity contribution is 7.92. The molecule has 3 rings (SSSR count). The number of sulfonamides is 1. The average Bonchev–Trinajstić information content (AvgIpc) is 3.27. The van der Waals surface area contributed by atoms with E-state index >= 15 is 0 Å². The van der Waals surface area contributed by atoms with Crippen molar-refractivity contribution >= 4 is 21.7 Å². The Morgan fingerprint density at radius 1 is 1.14 bits per heavy atom. The second kappa shape index (κ2) is 5.53. The molecule has 1 saturated carbocycles. The van der Waals surface area contributed by atoms with Crippen molar-refractivity contribution in [2.24, 2.45) is 0 Å². The SMILES string of the molecule is Cc1cc(S(=O)(=O)Nc2ccc(NC3CC3)nn2)ccc1F. The predicted molar refractivity (Wildman–Crippen MR) is 80.6 cm³/mol. The van der Waals surface area contributed by atoms with Crippen molar-refractivity contribution in [3.63, 3.8) is 0 Å². The zero-order valence-corrected chi connectivity index (χ0v) is 12.7. The molecule has 2 N–H and O–H groups in total. The Bertz CT molecular complexity index is 789. The molecule has 2 aromatic rings. The summed E-state index contributed by atoms with van der Waals surface area (Å²) in [6.45, 7) is 1.51. The smallest absolute Gasteiger partial charge is 0.263 e. The standard InChI is InChI=1S/C14H15FN4O2S/c1-9-8-11(4-5-12(9)15)22(20,21)19-14-7-6-13(17-18-14)16-10-2-3-10/h4-8,10H,2-3H2,1H3,(H,16,17)(H,18,19). The molecule has 22 heavy (non-hydrogen) atoms. The second-order valence-electron chi connectivity index (χ2n) is 5.24. The molecule has 1 fully saturated rings. The third kappa shape index (κ3) is 3.33. The first-order valence-corrected chi connectivity index (χ1v) is 8.31. The maximum atomic E-state index is 13.2. The Kier molecular flexibility index (Phi) is 3.69. The summed E-state index contributed by atoms with van der Waals surface area (Å²) >= 11 is 0. The summed E-state index contributed by atoms with van der Waals surface area (Å²) in [7, 11) is -3.82. The fourth-order valence-corrected chi connectivity index (χ4v) is 2.96. The van der Waals surface area contributed by atoms with E-state index in [2.05, 4.69) is 20.2 Å². The van der Waals surface area contributed by atoms with Crippen molar-refractivity contribution in [3.8, 4) is 0 Å². The number of benzene rings is 1. The maximum Gasteiger partial charge on any atom is 0.263 e. The molecule has 116 valence electrons. The number of halogens is 1. The molecule has 1 aromatic carbocycles. The first-order chi connectivity index (χ1) is 10.4. The van der Waals surface area contributed by atoms with E-state index in [4.69, 9.17) is 0 Å². The van der Waals surface area contributed by atoms with Crippen LogP contribution in [0, 0.1) is 12.7 Å². The van der Waals surface area contributed by atoms with Gasteiger partial charge in [-0.2, -0.15) is 0 Å². The third-order valence-corrected chi connectivity index (χ3v) is 4.62. The zero-order valence-electron chi connectivity index (χ0n) is 11.9. The van der Waals surface area contributed by atoms with Gasteiger partial charge in [0.05, 0.1) is 4.90 Å². The first kappa shape index (κ1) is 14.7. The number of rotatable bonds is 5. The lowest BCUT2D eigenvalue weighted by atomic mass is 10.2. The zero-order chi connectivity index (χ0) is 15.7. The first-order valence-electron chi connectivity index (χ1n) is 6.83. The van der Waals surface area contributed by atoms with Crippen molar-refractivity contribution in [1.29, 1.82) is 0 Å². The lowest BCUT2D eigenvalue weighted by Crippen LogP contribution is -2.15. The van der Waals surface area contributed by atoms with Crippen LogP contribution in [0.15, 0.2) is 35.2 Å². The van der Waals surface area contributed by atoms with Crippen LogP contribution >= 0.6 is 0 Å². The molecule has 1 heterocycles. The van der Waals surface area contributed by atoms with Gasteiger partial charge in [0.15, 0.2) is 5.82 Å². The third-order valence-electron chi connectivity index (χ3n) is 3.27. The summed E-state index contributed by atoms with van der Waals surface area (Å²) in [4.78, 5) is -0.0200. The van der Waals surface area contributed by atoms with Gasteiger partial charge in [0.25, 0.3) is 10.0 Å². The molecule has 1 aliphatic carbocycles. The Morgan fingerprint density at radius 2 is 1.82 bits per heavy atom. The summed E-state index contributed by atoms with van der Waals surface area (Å²) in [5.74, 6) is 0.278. The van der Waals surface area contributed by atoms with Crippen molar-refractivity contribution in [3.05, 3.63) is 41.7 Å². The van der Waals surface area contributed by atoms with Gasteiger partial charge in [0.1, 0.15) is 11.6 Å². The Balaban J connectivity index is 1.76. The van der Waals surface area contributed by atoms with Crippen molar-refractivity contribution in [2.45, 2.75) is 30.7 Å². The van der Waals surface area contributed by atoms with Crippen molar-refractivity contribution in [2.75, 3.05) is 10.0 Å². The van der Waals surface area contributed by atoms with E-state index in [0.717, 1.165) is 18.9 Å². The normalized spacial score (nSPS) is 14.6. The summed E-state index contributed by atoms with van der Waals surface area (Å²) < 4.78 is 40.0. The number of aryl methyl sites for hydroxylation is 1. The van der Waals surface area contributed by atoms with E-state index in [1.165, 1.54) is 25.1 Å². The largest absolute Gasteiger partial charge is 0.366 e. The molecule has 1 aromatic heterocycles. The number of hydrogen-bond acceptors (Lipinski definition) is 5. The van der Waals surface area contributed by atoms with Crippen molar-refractivity contribution < 1.29 is 12.8 Å². The molecule has 0 amide bonds. The molecule has 0 atom stereocenters. The van der Waals surface area contributed by atoms with Gasteiger partial charge < -0.3 is 5.32 Å². The molecule has 0 radical (unpaired) electrons. The van der Waals surface area contributed by atoms with Gasteiger partial charge in [-0.1, -0.05) is 0 Å². The van der Waals surface area contributed by atoms with E-state index in [-0.39, 0.29) is 16.3 Å². The minimum absolute atomic E-state index is 0.0200. The molecule has 0 saturated heterocycles. The maximum absolute atomic E-state index is 13.2. The van der Waals surface area contributed by atoms with Gasteiger partial charge >= 0.3 is 0 Å². The fourth-order valence-electron chi connectivity index (χ4n) is 1.88. The molecule has 6 nitrogen and oxygen atoms in total. The lowest BCUT2D eigenvalue weighted by molar-refractivity contribution is 0.598. The monoisotopic (exact) mass is 322 g/mol. The van der Waals surface area contributed by atoms with Crippen LogP contribution in [0.1, 0.15) is 18.4 Å². The topological polar surface area (TPSA) is 84.0 Å². The Hall–Kier alpha value is -2.22. The molecular weight excluding hydrogens is 307 g/mol. The van der Waals surface area contributed by atoms with E-state index in [1.54, 1.807) is 6.07 Å². The summed E-state index contributed by atoms with van der Waals surface area (Å²) in [6.07, 6.45) is 2.22. The van der Waals surface area contributed by atoms with Crippen LogP contribution in [-0.2, 0) is 10.0 Å². The molecular formula is C14H15FN4O2S. The number of nitrogens with zero attached hydrogens (tertiary/aromatic N) is 2. The van der Waals surface area contributed by atoms with Gasteiger partial charge in [0.2, 0.25) is 0 Å². The molecule has 0 unspecified atom stereocenters. The minimum Gasteiger partial charge on any atom is -0.366 e. The van der Waals surface area contributed by atoms with E-state index in [1.807, 2.05) is 0 Å². The summed E-state index contributed by atoms with van der Waals surface area (Å²) in [6, 6.07) is 7.25. The molecule has 0 bridgehead atoms. The second-order valence-corrected chi connectivity index (χ2v) is 6.92. The van der Waals surface area contributed by atoms with Crippen LogP contribution in [0.25, 0.3) is 0 Å². The quantitative estimate of drug-likeness (QED) is 0.882. The van der Waals surface area contributed by atoms with Crippen LogP contribution in [0.4, 0.5) is 16.0 Å². The fraction of sp³-hybridized carbons (Fsp3) is 0.286. The van der Waals surface area contributed by atoms with E-state index in [9.17, 15) is 12.8 Å². The highest BCUT2D eigenvalue weighted by Crippen LogP contribution is 2.24. The predicted octanol–water partition coefficient (Wildman–Crippen LogP) is 2.30. The molecule has 1 aliphatic rings. The number of anilines is 2. The van der Waals surface area contributed by atoms with Crippen LogP contribution < -0.4 is 10.0 Å². The van der Waals surface area contributed by atoms with Crippen molar-refractivity contribution in [1.82, 2.24) is 10.2 Å². The number of aromatic nitrogens is 2. The molecule has 8 heteroatoms. The molecule has 0 spiro atoms. The van der Waals surface area contributed by atoms with Crippen LogP contribution in [0.3, 0.4) is 0 Å². The summed E-state index contributed by atoms with van der Waals surface area (Å²) in [5.41, 5.74) is 0.262. The highest BCUT2D eigenvalue weighted by atomic mass is 32.2. The number of nitrogens with one attached hydrogen (secondary N) is 2. The lowest BCUT2D eigenvalue weighted by Gasteiger charge is -2.08. The Morgan fingerprint density at radius 3 is 2.41 bits per heavy atom. The van der Waals surface area contributed by atoms with Gasteiger partial charge in [-0.15, -0.1) is 10.2 Å². The Labute approximate surface area is 127 Å². The van der Waals surface area contributed by atoms with E-state index < -0.39 is 15.8 Å². The van der Waals surface area contributed by atoms with Gasteiger partial charge in [0, 0.05) is 6.04 Å².